The molecule has 31 heavy (non-hydrogen) atoms. The minimum atomic E-state index is -1.67. The molecule has 8 heteroatoms. The minimum absolute atomic E-state index is 0.151. The lowest BCUT2D eigenvalue weighted by atomic mass is 10.0. The molecule has 1 atom stereocenters. The summed E-state index contributed by atoms with van der Waals surface area (Å²) in [6.45, 7) is 6.52. The van der Waals surface area contributed by atoms with E-state index in [0.29, 0.717) is 5.75 Å². The highest BCUT2D eigenvalue weighted by molar-refractivity contribution is 5.94. The van der Waals surface area contributed by atoms with Crippen molar-refractivity contribution in [3.05, 3.63) is 65.0 Å². The summed E-state index contributed by atoms with van der Waals surface area (Å²) in [6, 6.07) is 9.20. The second kappa shape index (κ2) is 9.41. The SMILES string of the molecule is CC(Oc1ccccc1C(C)C)C(=O)N1CCN(C(=O)c2ccc(F)c(F)c2F)CC1. The molecule has 0 spiro atoms. The van der Waals surface area contributed by atoms with E-state index in [1.54, 1.807) is 11.8 Å². The van der Waals surface area contributed by atoms with Gasteiger partial charge in [0.05, 0.1) is 5.56 Å². The molecule has 2 aromatic carbocycles. The molecule has 0 N–H and O–H groups in total. The smallest absolute Gasteiger partial charge is 0.263 e. The van der Waals surface area contributed by atoms with Gasteiger partial charge in [0.25, 0.3) is 11.8 Å². The molecule has 2 amide bonds. The molecule has 166 valence electrons. The summed E-state index contributed by atoms with van der Waals surface area (Å²) in [5, 5.41) is 0. The number of rotatable bonds is 5. The van der Waals surface area contributed by atoms with Crippen molar-refractivity contribution < 1.29 is 27.5 Å². The van der Waals surface area contributed by atoms with Gasteiger partial charge in [0.2, 0.25) is 0 Å². The zero-order valence-electron chi connectivity index (χ0n) is 17.7. The molecule has 2 aromatic rings. The third kappa shape index (κ3) is 4.84. The van der Waals surface area contributed by atoms with Crippen LogP contribution in [0.1, 0.15) is 42.6 Å². The lowest BCUT2D eigenvalue weighted by Crippen LogP contribution is -2.53. The van der Waals surface area contributed by atoms with Gasteiger partial charge in [0, 0.05) is 26.2 Å². The van der Waals surface area contributed by atoms with Crippen molar-refractivity contribution in [2.24, 2.45) is 0 Å². The van der Waals surface area contributed by atoms with E-state index in [0.717, 1.165) is 17.7 Å². The number of halogens is 3. The maximum Gasteiger partial charge on any atom is 0.263 e. The number of piperazine rings is 1. The molecule has 0 aliphatic carbocycles. The molecule has 1 saturated heterocycles. The number of carbonyl (C=O) groups excluding carboxylic acids is 2. The van der Waals surface area contributed by atoms with Gasteiger partial charge in [-0.1, -0.05) is 32.0 Å². The van der Waals surface area contributed by atoms with Crippen LogP contribution in [0.25, 0.3) is 0 Å². The van der Waals surface area contributed by atoms with E-state index < -0.39 is 35.0 Å². The summed E-state index contributed by atoms with van der Waals surface area (Å²) in [4.78, 5) is 28.2. The average Bonchev–Trinajstić information content (AvgIpc) is 2.77. The highest BCUT2D eigenvalue weighted by Crippen LogP contribution is 2.27. The molecule has 5 nitrogen and oxygen atoms in total. The van der Waals surface area contributed by atoms with Gasteiger partial charge in [0.15, 0.2) is 23.6 Å². The minimum Gasteiger partial charge on any atom is -0.481 e. The molecule has 1 aliphatic heterocycles. The molecule has 0 aromatic heterocycles. The molecular formula is C23H25F3N2O3. The molecular weight excluding hydrogens is 409 g/mol. The first-order valence-electron chi connectivity index (χ1n) is 10.2. The summed E-state index contributed by atoms with van der Waals surface area (Å²) in [6.07, 6.45) is -0.717. The van der Waals surface area contributed by atoms with Crippen LogP contribution in [0.15, 0.2) is 36.4 Å². The maximum absolute atomic E-state index is 13.9. The number of para-hydroxylation sites is 1. The molecule has 1 heterocycles. The van der Waals surface area contributed by atoms with Crippen LogP contribution in [0, 0.1) is 17.5 Å². The Kier molecular flexibility index (Phi) is 6.87. The molecule has 1 aliphatic rings. The first-order valence-corrected chi connectivity index (χ1v) is 10.2. The fourth-order valence-corrected chi connectivity index (χ4v) is 3.55. The fourth-order valence-electron chi connectivity index (χ4n) is 3.55. The summed E-state index contributed by atoms with van der Waals surface area (Å²) in [5.74, 6) is -4.59. The number of amides is 2. The molecule has 0 saturated carbocycles. The van der Waals surface area contributed by atoms with Crippen molar-refractivity contribution in [3.63, 3.8) is 0 Å². The van der Waals surface area contributed by atoms with E-state index in [1.165, 1.54) is 4.90 Å². The number of nitrogens with zero attached hydrogens (tertiary/aromatic N) is 2. The van der Waals surface area contributed by atoms with Crippen molar-refractivity contribution in [1.82, 2.24) is 9.80 Å². The second-order valence-electron chi connectivity index (χ2n) is 7.79. The van der Waals surface area contributed by atoms with Crippen molar-refractivity contribution >= 4 is 11.8 Å². The van der Waals surface area contributed by atoms with E-state index in [-0.39, 0.29) is 38.0 Å². The second-order valence-corrected chi connectivity index (χ2v) is 7.79. The Morgan fingerprint density at radius 1 is 0.871 bits per heavy atom. The van der Waals surface area contributed by atoms with E-state index in [9.17, 15) is 22.8 Å². The number of carbonyl (C=O) groups is 2. The number of ether oxygens (including phenoxy) is 1. The molecule has 0 bridgehead atoms. The summed E-state index contributed by atoms with van der Waals surface area (Å²) >= 11 is 0. The zero-order chi connectivity index (χ0) is 22.7. The summed E-state index contributed by atoms with van der Waals surface area (Å²) in [7, 11) is 0. The molecule has 1 fully saturated rings. The predicted octanol–water partition coefficient (Wildman–Crippen LogP) is 3.98. The van der Waals surface area contributed by atoms with Crippen molar-refractivity contribution in [2.75, 3.05) is 26.2 Å². The first-order chi connectivity index (χ1) is 14.7. The van der Waals surface area contributed by atoms with E-state index >= 15 is 0 Å². The third-order valence-corrected chi connectivity index (χ3v) is 5.34. The Morgan fingerprint density at radius 3 is 2.13 bits per heavy atom. The quantitative estimate of drug-likeness (QED) is 0.669. The van der Waals surface area contributed by atoms with Crippen molar-refractivity contribution in [3.8, 4) is 5.75 Å². The van der Waals surface area contributed by atoms with Gasteiger partial charge in [-0.2, -0.15) is 0 Å². The Labute approximate surface area is 179 Å². The Bertz CT molecular complexity index is 973. The first kappa shape index (κ1) is 22.7. The van der Waals surface area contributed by atoms with Crippen LogP contribution in [-0.2, 0) is 4.79 Å². The van der Waals surface area contributed by atoms with Gasteiger partial charge in [-0.05, 0) is 36.6 Å². The normalized spacial score (nSPS) is 15.2. The number of benzene rings is 2. The van der Waals surface area contributed by atoms with Gasteiger partial charge in [-0.15, -0.1) is 0 Å². The lowest BCUT2D eigenvalue weighted by Gasteiger charge is -2.36. The van der Waals surface area contributed by atoms with Crippen LogP contribution < -0.4 is 4.74 Å². The van der Waals surface area contributed by atoms with Gasteiger partial charge in [-0.3, -0.25) is 9.59 Å². The Morgan fingerprint density at radius 2 is 1.48 bits per heavy atom. The van der Waals surface area contributed by atoms with Crippen LogP contribution in [0.5, 0.6) is 5.75 Å². The van der Waals surface area contributed by atoms with Crippen LogP contribution in [0.3, 0.4) is 0 Å². The van der Waals surface area contributed by atoms with Gasteiger partial charge in [0.1, 0.15) is 5.75 Å². The lowest BCUT2D eigenvalue weighted by molar-refractivity contribution is -0.139. The van der Waals surface area contributed by atoms with E-state index in [4.69, 9.17) is 4.74 Å². The third-order valence-electron chi connectivity index (χ3n) is 5.34. The van der Waals surface area contributed by atoms with Crippen LogP contribution in [0.4, 0.5) is 13.2 Å². The summed E-state index contributed by atoms with van der Waals surface area (Å²) in [5.41, 5.74) is 0.479. The standard InChI is InChI=1S/C23H25F3N2O3/c1-14(2)16-6-4-5-7-19(16)31-15(3)22(29)27-10-12-28(13-11-27)23(30)17-8-9-18(24)21(26)20(17)25/h4-9,14-15H,10-13H2,1-3H3. The van der Waals surface area contributed by atoms with Crippen LogP contribution in [0.2, 0.25) is 0 Å². The topological polar surface area (TPSA) is 49.9 Å². The van der Waals surface area contributed by atoms with Gasteiger partial charge < -0.3 is 14.5 Å². The molecule has 1 unspecified atom stereocenters. The fraction of sp³-hybridized carbons (Fsp3) is 0.391. The predicted molar refractivity (Wildman–Crippen MR) is 109 cm³/mol. The van der Waals surface area contributed by atoms with Crippen LogP contribution >= 0.6 is 0 Å². The van der Waals surface area contributed by atoms with Crippen molar-refractivity contribution in [1.29, 1.82) is 0 Å². The average molecular weight is 434 g/mol. The van der Waals surface area contributed by atoms with E-state index in [1.807, 2.05) is 38.1 Å². The number of hydrogen-bond donors (Lipinski definition) is 0. The Balaban J connectivity index is 1.61. The monoisotopic (exact) mass is 434 g/mol. The highest BCUT2D eigenvalue weighted by Gasteiger charge is 2.30. The molecule has 0 radical (unpaired) electrons. The highest BCUT2D eigenvalue weighted by atomic mass is 19.2. The maximum atomic E-state index is 13.9. The van der Waals surface area contributed by atoms with Crippen LogP contribution in [-0.4, -0.2) is 53.9 Å². The molecule has 3 rings (SSSR count). The Hall–Kier alpha value is -3.03. The van der Waals surface area contributed by atoms with Crippen molar-refractivity contribution in [2.45, 2.75) is 32.8 Å². The largest absolute Gasteiger partial charge is 0.481 e. The van der Waals surface area contributed by atoms with Gasteiger partial charge in [-0.25, -0.2) is 13.2 Å². The summed E-state index contributed by atoms with van der Waals surface area (Å²) < 4.78 is 46.4. The van der Waals surface area contributed by atoms with E-state index in [2.05, 4.69) is 0 Å². The number of hydrogen-bond acceptors (Lipinski definition) is 3. The zero-order valence-corrected chi connectivity index (χ0v) is 17.7. The van der Waals surface area contributed by atoms with Gasteiger partial charge >= 0.3 is 0 Å².